The van der Waals surface area contributed by atoms with E-state index in [4.69, 9.17) is 0 Å². The van der Waals surface area contributed by atoms with E-state index in [9.17, 15) is 14.4 Å². The van der Waals surface area contributed by atoms with Gasteiger partial charge in [0.2, 0.25) is 5.91 Å². The lowest BCUT2D eigenvalue weighted by molar-refractivity contribution is -0.114. The highest BCUT2D eigenvalue weighted by Crippen LogP contribution is 2.23. The van der Waals surface area contributed by atoms with Crippen molar-refractivity contribution in [2.45, 2.75) is 4.90 Å². The number of amides is 3. The van der Waals surface area contributed by atoms with Gasteiger partial charge in [0.15, 0.2) is 0 Å². The first-order valence-electron chi connectivity index (χ1n) is 12.0. The quantitative estimate of drug-likeness (QED) is 0.126. The van der Waals surface area contributed by atoms with Crippen LogP contribution < -0.4 is 16.0 Å². The minimum Gasteiger partial charge on any atom is -0.361 e. The summed E-state index contributed by atoms with van der Waals surface area (Å²) < 4.78 is 0. The highest BCUT2D eigenvalue weighted by Gasteiger charge is 2.15. The van der Waals surface area contributed by atoms with Crippen LogP contribution in [0.2, 0.25) is 0 Å². The van der Waals surface area contributed by atoms with Gasteiger partial charge in [-0.25, -0.2) is 0 Å². The molecule has 4 N–H and O–H groups in total. The first-order valence-corrected chi connectivity index (χ1v) is 14.0. The number of aromatic amines is 1. The number of anilines is 2. The summed E-state index contributed by atoms with van der Waals surface area (Å²) in [5.41, 5.74) is 3.61. The second kappa shape index (κ2) is 12.3. The third-order valence-electron chi connectivity index (χ3n) is 5.68. The van der Waals surface area contributed by atoms with Crippen LogP contribution in [0.25, 0.3) is 17.0 Å². The summed E-state index contributed by atoms with van der Waals surface area (Å²) in [4.78, 5) is 42.4. The van der Waals surface area contributed by atoms with Gasteiger partial charge in [-0.3, -0.25) is 14.4 Å². The minimum absolute atomic E-state index is 0.124. The molecule has 0 bridgehead atoms. The van der Waals surface area contributed by atoms with E-state index in [1.807, 2.05) is 59.4 Å². The number of hydrogen-bond donors (Lipinski definition) is 4. The van der Waals surface area contributed by atoms with E-state index in [-0.39, 0.29) is 23.3 Å². The molecule has 194 valence electrons. The van der Waals surface area contributed by atoms with E-state index >= 15 is 0 Å². The maximum absolute atomic E-state index is 13.2. The molecular formula is C30H24N4O3S2. The Hall–Kier alpha value is -4.60. The summed E-state index contributed by atoms with van der Waals surface area (Å²) in [5.74, 6) is -0.760. The maximum Gasteiger partial charge on any atom is 0.272 e. The molecule has 7 nitrogen and oxygen atoms in total. The molecule has 0 aliphatic heterocycles. The fourth-order valence-corrected chi connectivity index (χ4v) is 5.17. The first-order chi connectivity index (χ1) is 19.0. The lowest BCUT2D eigenvalue weighted by Gasteiger charge is -2.12. The minimum atomic E-state index is -0.454. The van der Waals surface area contributed by atoms with Gasteiger partial charge in [-0.15, -0.1) is 11.8 Å². The van der Waals surface area contributed by atoms with E-state index in [1.54, 1.807) is 48.5 Å². The molecule has 0 saturated heterocycles. The smallest absolute Gasteiger partial charge is 0.272 e. The number of fused-ring (bicyclic) bond motifs is 1. The Morgan fingerprint density at radius 2 is 1.72 bits per heavy atom. The normalized spacial score (nSPS) is 11.2. The predicted octanol–water partition coefficient (Wildman–Crippen LogP) is 6.37. The van der Waals surface area contributed by atoms with Crippen molar-refractivity contribution in [1.29, 1.82) is 0 Å². The summed E-state index contributed by atoms with van der Waals surface area (Å²) in [6, 6.07) is 25.5. The van der Waals surface area contributed by atoms with Gasteiger partial charge >= 0.3 is 0 Å². The van der Waals surface area contributed by atoms with E-state index in [2.05, 4.69) is 20.9 Å². The maximum atomic E-state index is 13.2. The van der Waals surface area contributed by atoms with Gasteiger partial charge in [0.25, 0.3) is 11.8 Å². The Labute approximate surface area is 233 Å². The van der Waals surface area contributed by atoms with Crippen molar-refractivity contribution in [1.82, 2.24) is 10.3 Å². The number of thioether (sulfide) groups is 1. The third-order valence-corrected chi connectivity index (χ3v) is 7.38. The average molecular weight is 553 g/mol. The van der Waals surface area contributed by atoms with Crippen LogP contribution in [0.5, 0.6) is 0 Å². The zero-order chi connectivity index (χ0) is 27.0. The number of thiophene rings is 1. The number of nitrogens with one attached hydrogen (secondary N) is 4. The molecule has 0 saturated carbocycles. The van der Waals surface area contributed by atoms with Gasteiger partial charge in [-0.2, -0.15) is 11.3 Å². The van der Waals surface area contributed by atoms with Crippen molar-refractivity contribution in [3.8, 4) is 0 Å². The number of benzene rings is 3. The highest BCUT2D eigenvalue weighted by atomic mass is 32.2. The van der Waals surface area contributed by atoms with E-state index < -0.39 is 5.91 Å². The summed E-state index contributed by atoms with van der Waals surface area (Å²) in [7, 11) is 0. The van der Waals surface area contributed by atoms with Crippen molar-refractivity contribution in [2.24, 2.45) is 0 Å². The number of H-pyrrole nitrogens is 1. The topological polar surface area (TPSA) is 103 Å². The Balaban J connectivity index is 1.22. The lowest BCUT2D eigenvalue weighted by atomic mass is 10.2. The lowest BCUT2D eigenvalue weighted by Crippen LogP contribution is -2.30. The van der Waals surface area contributed by atoms with Crippen LogP contribution in [0.15, 0.2) is 112 Å². The molecule has 2 heterocycles. The Morgan fingerprint density at radius 3 is 2.54 bits per heavy atom. The fraction of sp³-hybridized carbons (Fsp3) is 0.0333. The van der Waals surface area contributed by atoms with Crippen LogP contribution in [0.1, 0.15) is 15.9 Å². The monoisotopic (exact) mass is 552 g/mol. The van der Waals surface area contributed by atoms with Crippen molar-refractivity contribution in [3.63, 3.8) is 0 Å². The van der Waals surface area contributed by atoms with Crippen LogP contribution in [0.3, 0.4) is 0 Å². The number of carbonyl (C=O) groups excluding carboxylic acids is 3. The van der Waals surface area contributed by atoms with Crippen LogP contribution >= 0.6 is 23.1 Å². The number of carbonyl (C=O) groups is 3. The first kappa shape index (κ1) is 26.0. The zero-order valence-corrected chi connectivity index (χ0v) is 22.3. The Morgan fingerprint density at radius 1 is 0.872 bits per heavy atom. The van der Waals surface area contributed by atoms with E-state index in [0.717, 1.165) is 27.0 Å². The molecule has 0 unspecified atom stereocenters. The van der Waals surface area contributed by atoms with Crippen LogP contribution in [-0.4, -0.2) is 28.5 Å². The number of aromatic nitrogens is 1. The zero-order valence-electron chi connectivity index (χ0n) is 20.6. The van der Waals surface area contributed by atoms with Gasteiger partial charge in [-0.05, 0) is 82.4 Å². The summed E-state index contributed by atoms with van der Waals surface area (Å²) >= 11 is 2.86. The SMILES string of the molecule is O=C(CSc1cccc(NC(=O)/C(=C/c2ccsc2)NC(=O)c2ccccc2)c1)Nc1ccc2cc[nH]c2c1. The van der Waals surface area contributed by atoms with Gasteiger partial charge in [0.05, 0.1) is 5.75 Å². The highest BCUT2D eigenvalue weighted by molar-refractivity contribution is 8.00. The van der Waals surface area contributed by atoms with Crippen molar-refractivity contribution < 1.29 is 14.4 Å². The molecule has 0 atom stereocenters. The molecule has 0 aliphatic carbocycles. The number of hydrogen-bond acceptors (Lipinski definition) is 5. The molecule has 5 aromatic rings. The van der Waals surface area contributed by atoms with E-state index in [1.165, 1.54) is 23.1 Å². The molecule has 0 aliphatic rings. The molecule has 0 spiro atoms. The number of rotatable bonds is 9. The molecule has 2 aromatic heterocycles. The van der Waals surface area contributed by atoms with Gasteiger partial charge < -0.3 is 20.9 Å². The molecule has 0 fully saturated rings. The largest absolute Gasteiger partial charge is 0.361 e. The Kier molecular flexibility index (Phi) is 8.20. The van der Waals surface area contributed by atoms with Crippen LogP contribution in [0.4, 0.5) is 11.4 Å². The molecule has 5 rings (SSSR count). The third kappa shape index (κ3) is 7.04. The standard InChI is InChI=1S/C30H24N4O3S2/c35-28(32-24-10-9-21-11-13-31-26(21)17-24)19-39-25-8-4-7-23(16-25)33-30(37)27(15-20-12-14-38-18-20)34-29(36)22-5-2-1-3-6-22/h1-18,31H,19H2,(H,32,35)(H,33,37)(H,34,36)/b27-15-. The van der Waals surface area contributed by atoms with Gasteiger partial charge in [-0.1, -0.05) is 30.3 Å². The van der Waals surface area contributed by atoms with Crippen molar-refractivity contribution >= 4 is 69.2 Å². The van der Waals surface area contributed by atoms with Crippen molar-refractivity contribution in [2.75, 3.05) is 16.4 Å². The molecule has 3 aromatic carbocycles. The average Bonchev–Trinajstić information content (AvgIpc) is 3.64. The molecule has 9 heteroatoms. The van der Waals surface area contributed by atoms with Crippen LogP contribution in [0, 0.1) is 0 Å². The van der Waals surface area contributed by atoms with Gasteiger partial charge in [0.1, 0.15) is 5.70 Å². The second-order valence-corrected chi connectivity index (χ2v) is 10.4. The second-order valence-electron chi connectivity index (χ2n) is 8.53. The summed E-state index contributed by atoms with van der Waals surface area (Å²) in [6.45, 7) is 0. The van der Waals surface area contributed by atoms with Gasteiger partial charge in [0, 0.05) is 33.5 Å². The summed E-state index contributed by atoms with van der Waals surface area (Å²) in [6.07, 6.45) is 3.50. The predicted molar refractivity (Wildman–Crippen MR) is 159 cm³/mol. The summed E-state index contributed by atoms with van der Waals surface area (Å²) in [5, 5.41) is 13.4. The van der Waals surface area contributed by atoms with Crippen molar-refractivity contribution in [3.05, 3.63) is 119 Å². The molecule has 0 radical (unpaired) electrons. The van der Waals surface area contributed by atoms with Crippen LogP contribution in [-0.2, 0) is 9.59 Å². The Bertz CT molecular complexity index is 1640. The molecule has 39 heavy (non-hydrogen) atoms. The van der Waals surface area contributed by atoms with E-state index in [0.29, 0.717) is 11.3 Å². The molecular weight excluding hydrogens is 528 g/mol. The fourth-order valence-electron chi connectivity index (χ4n) is 3.80. The molecule has 3 amide bonds.